The summed E-state index contributed by atoms with van der Waals surface area (Å²) in [7, 11) is 4.75. The number of methoxy groups -OCH3 is 3. The highest BCUT2D eigenvalue weighted by Gasteiger charge is 2.20. The molecule has 29 heavy (non-hydrogen) atoms. The molecule has 3 rings (SSSR count). The second kappa shape index (κ2) is 9.97. The molecule has 0 bridgehead atoms. The Kier molecular flexibility index (Phi) is 7.13. The first-order chi connectivity index (χ1) is 14.1. The number of rotatable bonds is 8. The van der Waals surface area contributed by atoms with Gasteiger partial charge in [0.05, 0.1) is 27.9 Å². The molecule has 1 N–H and O–H groups in total. The van der Waals surface area contributed by atoms with Crippen LogP contribution in [-0.4, -0.2) is 69.8 Å². The van der Waals surface area contributed by atoms with Crippen LogP contribution in [0.1, 0.15) is 5.56 Å². The Morgan fingerprint density at radius 3 is 2.31 bits per heavy atom. The van der Waals surface area contributed by atoms with Crippen LogP contribution in [0.5, 0.6) is 17.2 Å². The van der Waals surface area contributed by atoms with Crippen molar-refractivity contribution in [2.45, 2.75) is 6.54 Å². The van der Waals surface area contributed by atoms with E-state index in [9.17, 15) is 4.79 Å². The number of anilines is 1. The van der Waals surface area contributed by atoms with Crippen molar-refractivity contribution in [3.63, 3.8) is 0 Å². The van der Waals surface area contributed by atoms with Gasteiger partial charge in [-0.15, -0.1) is 0 Å². The monoisotopic (exact) mass is 400 g/mol. The van der Waals surface area contributed by atoms with Crippen LogP contribution in [0.25, 0.3) is 0 Å². The summed E-state index contributed by atoms with van der Waals surface area (Å²) >= 11 is 0. The number of nitrogens with one attached hydrogen (secondary N) is 1. The molecule has 0 unspecified atom stereocenters. The first-order valence-corrected chi connectivity index (χ1v) is 9.58. The van der Waals surface area contributed by atoms with Gasteiger partial charge in [0, 0.05) is 50.6 Å². The first-order valence-electron chi connectivity index (χ1n) is 9.58. The van der Waals surface area contributed by atoms with Gasteiger partial charge < -0.3 is 24.4 Å². The van der Waals surface area contributed by atoms with Gasteiger partial charge in [0.2, 0.25) is 5.91 Å². The molecule has 2 heterocycles. The number of hydrogen-bond donors (Lipinski definition) is 1. The molecule has 1 aromatic heterocycles. The van der Waals surface area contributed by atoms with Gasteiger partial charge in [-0.25, -0.2) is 4.98 Å². The standard InChI is InChI=1S/C21H28N4O4/c1-27-17-13-19(29-3)18(28-2)12-16(17)14-23-21(26)15-24-8-10-25(11-9-24)20-6-4-5-7-22-20/h4-7,12-13H,8-11,14-15H2,1-3H3,(H,23,26). The average Bonchev–Trinajstić information content (AvgIpc) is 2.78. The van der Waals surface area contributed by atoms with Crippen molar-refractivity contribution in [3.05, 3.63) is 42.1 Å². The van der Waals surface area contributed by atoms with Gasteiger partial charge in [-0.05, 0) is 18.2 Å². The molecule has 0 aliphatic carbocycles. The van der Waals surface area contributed by atoms with Gasteiger partial charge in [-0.1, -0.05) is 6.07 Å². The summed E-state index contributed by atoms with van der Waals surface area (Å²) in [5.41, 5.74) is 0.832. The van der Waals surface area contributed by atoms with Gasteiger partial charge in [0.1, 0.15) is 11.6 Å². The Hall–Kier alpha value is -3.00. The second-order valence-electron chi connectivity index (χ2n) is 6.75. The van der Waals surface area contributed by atoms with E-state index in [4.69, 9.17) is 14.2 Å². The Morgan fingerprint density at radius 2 is 1.69 bits per heavy atom. The minimum atomic E-state index is -0.0203. The van der Waals surface area contributed by atoms with Crippen LogP contribution in [0, 0.1) is 0 Å². The molecule has 1 aliphatic rings. The molecule has 0 atom stereocenters. The summed E-state index contributed by atoms with van der Waals surface area (Å²) < 4.78 is 16.0. The molecule has 0 spiro atoms. The van der Waals surface area contributed by atoms with Crippen molar-refractivity contribution in [1.29, 1.82) is 0 Å². The Morgan fingerprint density at radius 1 is 1.00 bits per heavy atom. The van der Waals surface area contributed by atoms with E-state index in [1.165, 1.54) is 0 Å². The van der Waals surface area contributed by atoms with E-state index in [0.717, 1.165) is 37.6 Å². The lowest BCUT2D eigenvalue weighted by Gasteiger charge is -2.34. The smallest absolute Gasteiger partial charge is 0.234 e. The number of nitrogens with zero attached hydrogens (tertiary/aromatic N) is 3. The van der Waals surface area contributed by atoms with E-state index in [2.05, 4.69) is 20.1 Å². The number of carbonyl (C=O) groups excluding carboxylic acids is 1. The quantitative estimate of drug-likeness (QED) is 0.720. The number of carbonyl (C=O) groups is 1. The largest absolute Gasteiger partial charge is 0.496 e. The third-order valence-corrected chi connectivity index (χ3v) is 4.98. The van der Waals surface area contributed by atoms with Crippen LogP contribution in [0.15, 0.2) is 36.5 Å². The van der Waals surface area contributed by atoms with Gasteiger partial charge >= 0.3 is 0 Å². The van der Waals surface area contributed by atoms with Gasteiger partial charge in [0.25, 0.3) is 0 Å². The summed E-state index contributed by atoms with van der Waals surface area (Å²) in [6.45, 7) is 4.08. The van der Waals surface area contributed by atoms with Gasteiger partial charge in [-0.2, -0.15) is 0 Å². The van der Waals surface area contributed by atoms with Crippen LogP contribution >= 0.6 is 0 Å². The van der Waals surface area contributed by atoms with E-state index < -0.39 is 0 Å². The van der Waals surface area contributed by atoms with Crippen molar-refractivity contribution in [2.24, 2.45) is 0 Å². The first kappa shape index (κ1) is 20.7. The second-order valence-corrected chi connectivity index (χ2v) is 6.75. The number of piperazine rings is 1. The Bertz CT molecular complexity index is 808. The number of aromatic nitrogens is 1. The van der Waals surface area contributed by atoms with Crippen molar-refractivity contribution >= 4 is 11.7 Å². The third kappa shape index (κ3) is 5.29. The lowest BCUT2D eigenvalue weighted by Crippen LogP contribution is -2.49. The van der Waals surface area contributed by atoms with Crippen LogP contribution < -0.4 is 24.4 Å². The van der Waals surface area contributed by atoms with Crippen LogP contribution in [0.4, 0.5) is 5.82 Å². The summed E-state index contributed by atoms with van der Waals surface area (Å²) in [6.07, 6.45) is 1.80. The zero-order valence-corrected chi connectivity index (χ0v) is 17.2. The minimum Gasteiger partial charge on any atom is -0.496 e. The number of amides is 1. The SMILES string of the molecule is COc1cc(OC)c(OC)cc1CNC(=O)CN1CCN(c2ccccn2)CC1. The topological polar surface area (TPSA) is 76.2 Å². The summed E-state index contributed by atoms with van der Waals surface area (Å²) in [4.78, 5) is 21.2. The maximum absolute atomic E-state index is 12.4. The van der Waals surface area contributed by atoms with Crippen LogP contribution in [0.2, 0.25) is 0 Å². The predicted molar refractivity (Wildman–Crippen MR) is 111 cm³/mol. The molecule has 156 valence electrons. The molecular weight excluding hydrogens is 372 g/mol. The molecule has 8 nitrogen and oxygen atoms in total. The van der Waals surface area contributed by atoms with E-state index in [1.807, 2.05) is 24.3 Å². The zero-order chi connectivity index (χ0) is 20.6. The molecular formula is C21H28N4O4. The molecule has 0 radical (unpaired) electrons. The fourth-order valence-corrected chi connectivity index (χ4v) is 3.36. The highest BCUT2D eigenvalue weighted by molar-refractivity contribution is 5.78. The van der Waals surface area contributed by atoms with Crippen LogP contribution in [0.3, 0.4) is 0 Å². The van der Waals surface area contributed by atoms with E-state index in [-0.39, 0.29) is 5.91 Å². The van der Waals surface area contributed by atoms with Gasteiger partial charge in [0.15, 0.2) is 11.5 Å². The average molecular weight is 400 g/mol. The summed E-state index contributed by atoms with van der Waals surface area (Å²) in [6, 6.07) is 9.50. The van der Waals surface area contributed by atoms with Crippen molar-refractivity contribution in [3.8, 4) is 17.2 Å². The van der Waals surface area contributed by atoms with Crippen LogP contribution in [-0.2, 0) is 11.3 Å². The molecule has 1 aliphatic heterocycles. The van der Waals surface area contributed by atoms with Crippen molar-refractivity contribution in [1.82, 2.24) is 15.2 Å². The molecule has 1 aromatic carbocycles. The Balaban J connectivity index is 1.50. The maximum Gasteiger partial charge on any atom is 0.234 e. The zero-order valence-electron chi connectivity index (χ0n) is 17.2. The lowest BCUT2D eigenvalue weighted by molar-refractivity contribution is -0.122. The molecule has 1 saturated heterocycles. The van der Waals surface area contributed by atoms with E-state index >= 15 is 0 Å². The lowest BCUT2D eigenvalue weighted by atomic mass is 10.1. The molecule has 1 fully saturated rings. The number of ether oxygens (including phenoxy) is 3. The predicted octanol–water partition coefficient (Wildman–Crippen LogP) is 1.55. The molecule has 8 heteroatoms. The van der Waals surface area contributed by atoms with E-state index in [0.29, 0.717) is 30.3 Å². The Labute approximate surface area is 171 Å². The summed E-state index contributed by atoms with van der Waals surface area (Å²) in [5, 5.41) is 2.97. The number of hydrogen-bond acceptors (Lipinski definition) is 7. The molecule has 1 amide bonds. The van der Waals surface area contributed by atoms with Gasteiger partial charge in [-0.3, -0.25) is 9.69 Å². The van der Waals surface area contributed by atoms with Crippen molar-refractivity contribution < 1.29 is 19.0 Å². The maximum atomic E-state index is 12.4. The number of benzene rings is 1. The highest BCUT2D eigenvalue weighted by atomic mass is 16.5. The summed E-state index contributed by atoms with van der Waals surface area (Å²) in [5.74, 6) is 2.80. The normalized spacial score (nSPS) is 14.4. The minimum absolute atomic E-state index is 0.0203. The number of pyridine rings is 1. The fourth-order valence-electron chi connectivity index (χ4n) is 3.36. The molecule has 2 aromatic rings. The van der Waals surface area contributed by atoms with Crippen molar-refractivity contribution in [2.75, 3.05) is 59.0 Å². The highest BCUT2D eigenvalue weighted by Crippen LogP contribution is 2.34. The third-order valence-electron chi connectivity index (χ3n) is 4.98. The molecule has 0 saturated carbocycles. The fraction of sp³-hybridized carbons (Fsp3) is 0.429. The van der Waals surface area contributed by atoms with E-state index in [1.54, 1.807) is 33.6 Å².